The Hall–Kier alpha value is -0.770. The summed E-state index contributed by atoms with van der Waals surface area (Å²) in [5.41, 5.74) is -0.534. The number of hydrogen-bond donors (Lipinski definition) is 2. The fourth-order valence-electron chi connectivity index (χ4n) is 1.29. The Labute approximate surface area is 86.3 Å². The van der Waals surface area contributed by atoms with E-state index in [1.165, 1.54) is 0 Å². The first-order valence-corrected chi connectivity index (χ1v) is 5.11. The van der Waals surface area contributed by atoms with Gasteiger partial charge in [-0.05, 0) is 34.6 Å². The number of urea groups is 1. The normalized spacial score (nSPS) is 13.6. The smallest absolute Gasteiger partial charge is 0.317 e. The lowest BCUT2D eigenvalue weighted by Gasteiger charge is -2.40. The molecule has 0 aromatic rings. The molecule has 0 saturated carbocycles. The second-order valence-electron chi connectivity index (χ2n) is 3.91. The van der Waals surface area contributed by atoms with Gasteiger partial charge >= 0.3 is 6.03 Å². The fourth-order valence-corrected chi connectivity index (χ4v) is 1.29. The van der Waals surface area contributed by atoms with Crippen molar-refractivity contribution in [2.24, 2.45) is 0 Å². The van der Waals surface area contributed by atoms with E-state index in [-0.39, 0.29) is 6.03 Å². The topological polar surface area (TPSA) is 52.6 Å². The van der Waals surface area contributed by atoms with Crippen molar-refractivity contribution in [1.82, 2.24) is 10.2 Å². The van der Waals surface area contributed by atoms with Crippen LogP contribution in [0.2, 0.25) is 0 Å². The number of aliphatic hydroxyl groups is 1. The molecule has 1 atom stereocenters. The number of aliphatic hydroxyl groups excluding tert-OH is 1. The minimum Gasteiger partial charge on any atom is -0.391 e. The quantitative estimate of drug-likeness (QED) is 0.719. The molecule has 0 heterocycles. The molecule has 0 spiro atoms. The fraction of sp³-hybridized carbons (Fsp3) is 0.900. The molecule has 0 fully saturated rings. The summed E-state index contributed by atoms with van der Waals surface area (Å²) in [4.78, 5) is 13.3. The van der Waals surface area contributed by atoms with Crippen LogP contribution in [-0.2, 0) is 0 Å². The van der Waals surface area contributed by atoms with E-state index in [9.17, 15) is 9.90 Å². The van der Waals surface area contributed by atoms with Crippen molar-refractivity contribution in [2.45, 2.75) is 46.3 Å². The van der Waals surface area contributed by atoms with Gasteiger partial charge in [-0.1, -0.05) is 0 Å². The lowest BCUT2D eigenvalue weighted by Crippen LogP contribution is -2.56. The van der Waals surface area contributed by atoms with Gasteiger partial charge in [-0.3, -0.25) is 0 Å². The first-order valence-electron chi connectivity index (χ1n) is 5.11. The van der Waals surface area contributed by atoms with Crippen molar-refractivity contribution in [3.63, 3.8) is 0 Å². The van der Waals surface area contributed by atoms with Crippen LogP contribution in [-0.4, -0.2) is 40.8 Å². The number of carbonyl (C=O) groups excluding carboxylic acids is 1. The van der Waals surface area contributed by atoms with Crippen LogP contribution in [0.5, 0.6) is 0 Å². The van der Waals surface area contributed by atoms with Crippen molar-refractivity contribution in [1.29, 1.82) is 0 Å². The minimum atomic E-state index is -0.551. The molecule has 0 aliphatic rings. The molecular weight excluding hydrogens is 180 g/mol. The minimum absolute atomic E-state index is 0.124. The summed E-state index contributed by atoms with van der Waals surface area (Å²) in [6.07, 6.45) is -0.551. The summed E-state index contributed by atoms with van der Waals surface area (Å²) in [6, 6.07) is -0.124. The molecule has 2 amide bonds. The Morgan fingerprint density at radius 2 is 2.00 bits per heavy atom. The average molecular weight is 202 g/mol. The van der Waals surface area contributed by atoms with E-state index in [1.54, 1.807) is 11.8 Å². The molecule has 14 heavy (non-hydrogen) atoms. The summed E-state index contributed by atoms with van der Waals surface area (Å²) in [5.74, 6) is 0. The third-order valence-corrected chi connectivity index (χ3v) is 2.61. The molecule has 0 aromatic carbocycles. The molecule has 4 nitrogen and oxygen atoms in total. The molecule has 84 valence electrons. The predicted octanol–water partition coefficient (Wildman–Crippen LogP) is 1.20. The maximum absolute atomic E-state index is 11.6. The van der Waals surface area contributed by atoms with Gasteiger partial charge in [-0.2, -0.15) is 0 Å². The number of amides is 2. The SMILES string of the molecule is CCNC(=O)N(CC)C(C)(C)C(C)O. The second kappa shape index (κ2) is 5.20. The maximum atomic E-state index is 11.6. The monoisotopic (exact) mass is 202 g/mol. The van der Waals surface area contributed by atoms with Crippen LogP contribution in [0.4, 0.5) is 4.79 Å². The number of likely N-dealkylation sites (N-methyl/N-ethyl adjacent to an activating group) is 1. The summed E-state index contributed by atoms with van der Waals surface area (Å²) >= 11 is 0. The largest absolute Gasteiger partial charge is 0.391 e. The highest BCUT2D eigenvalue weighted by molar-refractivity contribution is 5.75. The first-order chi connectivity index (χ1) is 6.37. The summed E-state index contributed by atoms with van der Waals surface area (Å²) < 4.78 is 0. The molecular formula is C10H22N2O2. The Morgan fingerprint density at radius 1 is 1.50 bits per heavy atom. The van der Waals surface area contributed by atoms with E-state index in [1.807, 2.05) is 27.7 Å². The van der Waals surface area contributed by atoms with Gasteiger partial charge in [0.2, 0.25) is 0 Å². The van der Waals surface area contributed by atoms with E-state index in [4.69, 9.17) is 0 Å². The van der Waals surface area contributed by atoms with Crippen LogP contribution in [0.3, 0.4) is 0 Å². The number of carbonyl (C=O) groups is 1. The molecule has 0 aliphatic heterocycles. The van der Waals surface area contributed by atoms with Crippen LogP contribution in [0.1, 0.15) is 34.6 Å². The Morgan fingerprint density at radius 3 is 2.29 bits per heavy atom. The van der Waals surface area contributed by atoms with Gasteiger partial charge in [-0.25, -0.2) is 4.79 Å². The van der Waals surface area contributed by atoms with Crippen molar-refractivity contribution in [2.75, 3.05) is 13.1 Å². The summed E-state index contributed by atoms with van der Waals surface area (Å²) in [6.45, 7) is 10.4. The zero-order valence-electron chi connectivity index (χ0n) is 9.79. The van der Waals surface area contributed by atoms with Crippen molar-refractivity contribution >= 4 is 6.03 Å². The highest BCUT2D eigenvalue weighted by Crippen LogP contribution is 2.18. The molecule has 0 aromatic heterocycles. The molecule has 4 heteroatoms. The van der Waals surface area contributed by atoms with E-state index in [2.05, 4.69) is 5.32 Å². The van der Waals surface area contributed by atoms with Crippen LogP contribution >= 0.6 is 0 Å². The van der Waals surface area contributed by atoms with Gasteiger partial charge in [0.05, 0.1) is 11.6 Å². The molecule has 0 saturated heterocycles. The lowest BCUT2D eigenvalue weighted by atomic mass is 9.96. The number of nitrogens with zero attached hydrogens (tertiary/aromatic N) is 1. The number of hydrogen-bond acceptors (Lipinski definition) is 2. The standard InChI is InChI=1S/C10H22N2O2/c1-6-11-9(14)12(7-2)10(4,5)8(3)13/h8,13H,6-7H2,1-5H3,(H,11,14). The van der Waals surface area contributed by atoms with Gasteiger partial charge < -0.3 is 15.3 Å². The van der Waals surface area contributed by atoms with Gasteiger partial charge in [0.25, 0.3) is 0 Å². The van der Waals surface area contributed by atoms with E-state index in [0.29, 0.717) is 13.1 Å². The molecule has 2 N–H and O–H groups in total. The van der Waals surface area contributed by atoms with Crippen molar-refractivity contribution in [3.05, 3.63) is 0 Å². The summed E-state index contributed by atoms with van der Waals surface area (Å²) in [7, 11) is 0. The highest BCUT2D eigenvalue weighted by atomic mass is 16.3. The second-order valence-corrected chi connectivity index (χ2v) is 3.91. The molecule has 0 aliphatic carbocycles. The average Bonchev–Trinajstić information content (AvgIpc) is 2.04. The Kier molecular flexibility index (Phi) is 4.91. The molecule has 0 rings (SSSR count). The molecule has 0 bridgehead atoms. The molecule has 0 radical (unpaired) electrons. The van der Waals surface area contributed by atoms with Gasteiger partial charge in [-0.15, -0.1) is 0 Å². The lowest BCUT2D eigenvalue weighted by molar-refractivity contribution is 0.0255. The van der Waals surface area contributed by atoms with Crippen molar-refractivity contribution in [3.8, 4) is 0 Å². The first kappa shape index (κ1) is 13.2. The van der Waals surface area contributed by atoms with Gasteiger partial charge in [0.1, 0.15) is 0 Å². The van der Waals surface area contributed by atoms with E-state index >= 15 is 0 Å². The Bertz CT molecular complexity index is 191. The van der Waals surface area contributed by atoms with Crippen LogP contribution in [0, 0.1) is 0 Å². The number of nitrogens with one attached hydrogen (secondary N) is 1. The zero-order valence-corrected chi connectivity index (χ0v) is 9.79. The zero-order chi connectivity index (χ0) is 11.4. The van der Waals surface area contributed by atoms with Crippen molar-refractivity contribution < 1.29 is 9.90 Å². The maximum Gasteiger partial charge on any atom is 0.317 e. The third-order valence-electron chi connectivity index (χ3n) is 2.61. The van der Waals surface area contributed by atoms with Crippen LogP contribution in [0.15, 0.2) is 0 Å². The van der Waals surface area contributed by atoms with E-state index < -0.39 is 11.6 Å². The van der Waals surface area contributed by atoms with E-state index in [0.717, 1.165) is 0 Å². The molecule has 1 unspecified atom stereocenters. The summed E-state index contributed by atoms with van der Waals surface area (Å²) in [5, 5.41) is 12.3. The van der Waals surface area contributed by atoms with Gasteiger partial charge in [0, 0.05) is 13.1 Å². The number of rotatable bonds is 4. The highest BCUT2D eigenvalue weighted by Gasteiger charge is 2.33. The van der Waals surface area contributed by atoms with Crippen LogP contribution < -0.4 is 5.32 Å². The van der Waals surface area contributed by atoms with Crippen LogP contribution in [0.25, 0.3) is 0 Å². The predicted molar refractivity (Wildman–Crippen MR) is 57.2 cm³/mol. The third kappa shape index (κ3) is 2.87. The van der Waals surface area contributed by atoms with Gasteiger partial charge in [0.15, 0.2) is 0 Å². The Balaban J connectivity index is 4.62.